The molecule has 0 spiro atoms. The molecule has 5 nitrogen and oxygen atoms in total. The molecule has 5 heteroatoms. The number of nitrogens with zero attached hydrogens (tertiary/aromatic N) is 1. The molecule has 1 aliphatic carbocycles. The zero-order chi connectivity index (χ0) is 16.5. The molecule has 1 atom stereocenters. The molecule has 1 heterocycles. The van der Waals surface area contributed by atoms with Crippen LogP contribution in [-0.4, -0.2) is 61.9 Å². The summed E-state index contributed by atoms with van der Waals surface area (Å²) in [5, 5.41) is 13.0. The van der Waals surface area contributed by atoms with Gasteiger partial charge in [0.15, 0.2) is 0 Å². The average molecular weight is 326 g/mol. The van der Waals surface area contributed by atoms with Crippen LogP contribution in [0.3, 0.4) is 0 Å². The number of aliphatic hydroxyl groups is 1. The third kappa shape index (κ3) is 6.05. The standard InChI is InChI=1S/C18H34N2O3/c1-23-13-10-18(15-21)9-5-11-20(14-18)12-8-17(22)19-16-6-3-2-4-7-16/h16,21H,2-15H2,1H3,(H,19,22)/t18-/m0/s1. The second-order valence-electron chi connectivity index (χ2n) is 7.43. The number of aliphatic hydroxyl groups excluding tert-OH is 1. The van der Waals surface area contributed by atoms with Gasteiger partial charge in [-0.1, -0.05) is 19.3 Å². The minimum absolute atomic E-state index is 0.0475. The van der Waals surface area contributed by atoms with Crippen LogP contribution in [0.4, 0.5) is 0 Å². The Morgan fingerprint density at radius 1 is 1.30 bits per heavy atom. The molecule has 2 aliphatic rings. The Balaban J connectivity index is 1.72. The predicted octanol–water partition coefficient (Wildman–Crippen LogP) is 1.94. The molecule has 1 aliphatic heterocycles. The third-order valence-electron chi connectivity index (χ3n) is 5.54. The molecule has 1 saturated carbocycles. The highest BCUT2D eigenvalue weighted by Crippen LogP contribution is 2.33. The van der Waals surface area contributed by atoms with E-state index in [1.54, 1.807) is 7.11 Å². The minimum atomic E-state index is -0.0475. The van der Waals surface area contributed by atoms with Crippen molar-refractivity contribution < 1.29 is 14.6 Å². The highest BCUT2D eigenvalue weighted by molar-refractivity contribution is 5.76. The number of hydrogen-bond acceptors (Lipinski definition) is 4. The molecular weight excluding hydrogens is 292 g/mol. The fourth-order valence-corrected chi connectivity index (χ4v) is 4.04. The van der Waals surface area contributed by atoms with E-state index in [2.05, 4.69) is 10.2 Å². The van der Waals surface area contributed by atoms with E-state index < -0.39 is 0 Å². The topological polar surface area (TPSA) is 61.8 Å². The van der Waals surface area contributed by atoms with Gasteiger partial charge >= 0.3 is 0 Å². The molecule has 0 aromatic heterocycles. The number of hydrogen-bond donors (Lipinski definition) is 2. The van der Waals surface area contributed by atoms with Gasteiger partial charge in [0.25, 0.3) is 0 Å². The van der Waals surface area contributed by atoms with Crippen molar-refractivity contribution in [3.8, 4) is 0 Å². The minimum Gasteiger partial charge on any atom is -0.396 e. The van der Waals surface area contributed by atoms with E-state index in [0.717, 1.165) is 51.7 Å². The largest absolute Gasteiger partial charge is 0.396 e. The number of carbonyl (C=O) groups is 1. The van der Waals surface area contributed by atoms with Crippen molar-refractivity contribution in [2.24, 2.45) is 5.41 Å². The molecule has 2 fully saturated rings. The van der Waals surface area contributed by atoms with Gasteiger partial charge in [-0.3, -0.25) is 4.79 Å². The Hall–Kier alpha value is -0.650. The van der Waals surface area contributed by atoms with E-state index >= 15 is 0 Å². The highest BCUT2D eigenvalue weighted by atomic mass is 16.5. The van der Waals surface area contributed by atoms with Crippen molar-refractivity contribution in [2.45, 2.75) is 63.8 Å². The van der Waals surface area contributed by atoms with E-state index in [4.69, 9.17) is 4.74 Å². The van der Waals surface area contributed by atoms with Gasteiger partial charge in [-0.05, 0) is 38.6 Å². The number of likely N-dealkylation sites (tertiary alicyclic amines) is 1. The normalized spacial score (nSPS) is 27.0. The SMILES string of the molecule is COCC[C@@]1(CO)CCCN(CCC(=O)NC2CCCCC2)C1. The van der Waals surface area contributed by atoms with Crippen LogP contribution in [-0.2, 0) is 9.53 Å². The second kappa shape index (κ2) is 9.60. The van der Waals surface area contributed by atoms with Crippen molar-refractivity contribution in [3.05, 3.63) is 0 Å². The van der Waals surface area contributed by atoms with Crippen LogP contribution in [0.2, 0.25) is 0 Å². The van der Waals surface area contributed by atoms with Gasteiger partial charge in [-0.2, -0.15) is 0 Å². The molecule has 1 amide bonds. The quantitative estimate of drug-likeness (QED) is 0.715. The number of rotatable bonds is 8. The summed E-state index contributed by atoms with van der Waals surface area (Å²) in [5.74, 6) is 0.189. The van der Waals surface area contributed by atoms with Crippen LogP contribution in [0.1, 0.15) is 57.8 Å². The molecule has 134 valence electrons. The summed E-state index contributed by atoms with van der Waals surface area (Å²) >= 11 is 0. The van der Waals surface area contributed by atoms with Crippen LogP contribution >= 0.6 is 0 Å². The van der Waals surface area contributed by atoms with Gasteiger partial charge in [0.1, 0.15) is 0 Å². The number of nitrogens with one attached hydrogen (secondary N) is 1. The third-order valence-corrected chi connectivity index (χ3v) is 5.54. The Kier molecular flexibility index (Phi) is 7.80. The van der Waals surface area contributed by atoms with Gasteiger partial charge in [0, 0.05) is 44.7 Å². The first-order valence-electron chi connectivity index (χ1n) is 9.29. The van der Waals surface area contributed by atoms with Crippen LogP contribution in [0.5, 0.6) is 0 Å². The summed E-state index contributed by atoms with van der Waals surface area (Å²) in [6, 6.07) is 0.399. The molecule has 2 rings (SSSR count). The monoisotopic (exact) mass is 326 g/mol. The van der Waals surface area contributed by atoms with Gasteiger partial charge in [-0.15, -0.1) is 0 Å². The second-order valence-corrected chi connectivity index (χ2v) is 7.43. The molecule has 2 N–H and O–H groups in total. The molecule has 1 saturated heterocycles. The van der Waals surface area contributed by atoms with Gasteiger partial charge < -0.3 is 20.1 Å². The Morgan fingerprint density at radius 2 is 2.09 bits per heavy atom. The molecule has 0 unspecified atom stereocenters. The first-order valence-corrected chi connectivity index (χ1v) is 9.29. The summed E-state index contributed by atoms with van der Waals surface area (Å²) in [4.78, 5) is 14.5. The summed E-state index contributed by atoms with van der Waals surface area (Å²) in [7, 11) is 1.71. The van der Waals surface area contributed by atoms with Crippen molar-refractivity contribution >= 4 is 5.91 Å². The zero-order valence-electron chi connectivity index (χ0n) is 14.7. The fourth-order valence-electron chi connectivity index (χ4n) is 4.04. The lowest BCUT2D eigenvalue weighted by Gasteiger charge is -2.42. The van der Waals surface area contributed by atoms with Crippen LogP contribution in [0.25, 0.3) is 0 Å². The maximum Gasteiger partial charge on any atom is 0.221 e. The van der Waals surface area contributed by atoms with Gasteiger partial charge in [-0.25, -0.2) is 0 Å². The van der Waals surface area contributed by atoms with Crippen molar-refractivity contribution in [2.75, 3.05) is 40.0 Å². The van der Waals surface area contributed by atoms with E-state index in [1.165, 1.54) is 19.3 Å². The first kappa shape index (κ1) is 18.7. The maximum atomic E-state index is 12.1. The molecular formula is C18H34N2O3. The van der Waals surface area contributed by atoms with E-state index in [-0.39, 0.29) is 17.9 Å². The number of amides is 1. The smallest absolute Gasteiger partial charge is 0.221 e. The fraction of sp³-hybridized carbons (Fsp3) is 0.944. The van der Waals surface area contributed by atoms with Crippen LogP contribution < -0.4 is 5.32 Å². The zero-order valence-corrected chi connectivity index (χ0v) is 14.7. The van der Waals surface area contributed by atoms with Gasteiger partial charge in [0.2, 0.25) is 5.91 Å². The molecule has 0 aromatic rings. The Morgan fingerprint density at radius 3 is 2.78 bits per heavy atom. The molecule has 0 radical (unpaired) electrons. The lowest BCUT2D eigenvalue weighted by atomic mass is 9.78. The molecule has 23 heavy (non-hydrogen) atoms. The van der Waals surface area contributed by atoms with E-state index in [1.807, 2.05) is 0 Å². The van der Waals surface area contributed by atoms with Crippen molar-refractivity contribution in [1.29, 1.82) is 0 Å². The maximum absolute atomic E-state index is 12.1. The Bertz CT molecular complexity index is 358. The van der Waals surface area contributed by atoms with Crippen molar-refractivity contribution in [3.63, 3.8) is 0 Å². The Labute approximate surface area is 140 Å². The van der Waals surface area contributed by atoms with Crippen LogP contribution in [0.15, 0.2) is 0 Å². The molecule has 0 aromatic carbocycles. The number of carbonyl (C=O) groups excluding carboxylic acids is 1. The first-order chi connectivity index (χ1) is 11.2. The number of piperidine rings is 1. The summed E-state index contributed by atoms with van der Waals surface area (Å²) in [6.07, 6.45) is 9.69. The van der Waals surface area contributed by atoms with E-state index in [9.17, 15) is 9.90 Å². The summed E-state index contributed by atoms with van der Waals surface area (Å²) < 4.78 is 5.20. The van der Waals surface area contributed by atoms with Crippen molar-refractivity contribution in [1.82, 2.24) is 10.2 Å². The summed E-state index contributed by atoms with van der Waals surface area (Å²) in [6.45, 7) is 3.61. The lowest BCUT2D eigenvalue weighted by molar-refractivity contribution is -0.122. The van der Waals surface area contributed by atoms with Crippen LogP contribution in [0, 0.1) is 5.41 Å². The highest BCUT2D eigenvalue weighted by Gasteiger charge is 2.34. The van der Waals surface area contributed by atoms with E-state index in [0.29, 0.717) is 19.1 Å². The lowest BCUT2D eigenvalue weighted by Crippen LogP contribution is -2.47. The van der Waals surface area contributed by atoms with Gasteiger partial charge in [0.05, 0.1) is 6.61 Å². The number of methoxy groups -OCH3 is 1. The number of ether oxygens (including phenoxy) is 1. The summed E-state index contributed by atoms with van der Waals surface area (Å²) in [5.41, 5.74) is -0.0475. The predicted molar refractivity (Wildman–Crippen MR) is 91.3 cm³/mol. The molecule has 0 bridgehead atoms. The average Bonchev–Trinajstić information content (AvgIpc) is 2.59.